The Morgan fingerprint density at radius 2 is 2.11 bits per heavy atom. The molecule has 0 fully saturated rings. The maximum Gasteiger partial charge on any atom is 0.338 e. The lowest BCUT2D eigenvalue weighted by molar-refractivity contribution is -0.139. The predicted molar refractivity (Wildman–Crippen MR) is 94.2 cm³/mol. The number of thiophene rings is 1. The van der Waals surface area contributed by atoms with Gasteiger partial charge in [-0.15, -0.1) is 11.3 Å². The van der Waals surface area contributed by atoms with Crippen LogP contribution in [0.2, 0.25) is 0 Å². The van der Waals surface area contributed by atoms with Crippen molar-refractivity contribution in [1.82, 2.24) is 10.6 Å². The SMILES string of the molecule is CCOC(=O)C1=C(COc2ccc(F)cc2F)NC(=O)NC1c1cccs1. The minimum atomic E-state index is -0.886. The zero-order valence-electron chi connectivity index (χ0n) is 14.3. The molecule has 2 aromatic rings. The Morgan fingerprint density at radius 1 is 1.30 bits per heavy atom. The molecule has 1 aliphatic heterocycles. The van der Waals surface area contributed by atoms with Crippen LogP contribution in [0.3, 0.4) is 0 Å². The van der Waals surface area contributed by atoms with E-state index in [1.807, 2.05) is 5.38 Å². The van der Waals surface area contributed by atoms with Crippen molar-refractivity contribution in [2.24, 2.45) is 0 Å². The molecular formula is C18H16F2N2O4S. The fourth-order valence-electron chi connectivity index (χ4n) is 2.59. The van der Waals surface area contributed by atoms with Gasteiger partial charge in [0.25, 0.3) is 0 Å². The molecule has 9 heteroatoms. The monoisotopic (exact) mass is 394 g/mol. The molecule has 2 N–H and O–H groups in total. The van der Waals surface area contributed by atoms with Crippen LogP contribution in [-0.4, -0.2) is 25.2 Å². The number of benzene rings is 1. The first-order chi connectivity index (χ1) is 13.0. The highest BCUT2D eigenvalue weighted by atomic mass is 32.1. The maximum atomic E-state index is 13.8. The molecule has 0 bridgehead atoms. The second-order valence-electron chi connectivity index (χ2n) is 5.52. The number of amides is 2. The highest BCUT2D eigenvalue weighted by Crippen LogP contribution is 2.31. The van der Waals surface area contributed by atoms with Crippen LogP contribution >= 0.6 is 11.3 Å². The van der Waals surface area contributed by atoms with Crippen LogP contribution in [0.15, 0.2) is 47.0 Å². The van der Waals surface area contributed by atoms with Crippen molar-refractivity contribution in [3.63, 3.8) is 0 Å². The van der Waals surface area contributed by atoms with Crippen LogP contribution in [-0.2, 0) is 9.53 Å². The normalized spacial score (nSPS) is 16.6. The number of hydrogen-bond donors (Lipinski definition) is 2. The number of nitrogens with one attached hydrogen (secondary N) is 2. The summed E-state index contributed by atoms with van der Waals surface area (Å²) in [5, 5.41) is 7.00. The van der Waals surface area contributed by atoms with E-state index in [0.717, 1.165) is 17.0 Å². The van der Waals surface area contributed by atoms with Crippen LogP contribution in [0.5, 0.6) is 5.75 Å². The fourth-order valence-corrected chi connectivity index (χ4v) is 3.38. The van der Waals surface area contributed by atoms with Crippen molar-refractivity contribution in [3.8, 4) is 5.75 Å². The summed E-state index contributed by atoms with van der Waals surface area (Å²) in [6.07, 6.45) is 0. The van der Waals surface area contributed by atoms with Gasteiger partial charge in [-0.05, 0) is 30.5 Å². The average molecular weight is 394 g/mol. The van der Waals surface area contributed by atoms with Gasteiger partial charge in [-0.25, -0.2) is 18.4 Å². The standard InChI is InChI=1S/C18H16F2N2O4S/c1-2-25-17(23)15-12(9-26-13-6-5-10(19)8-11(13)20)21-18(24)22-16(15)14-4-3-7-27-14/h3-8,16H,2,9H2,1H3,(H2,21,22,24). The molecule has 142 valence electrons. The molecule has 0 spiro atoms. The minimum absolute atomic E-state index is 0.147. The lowest BCUT2D eigenvalue weighted by Gasteiger charge is -2.28. The summed E-state index contributed by atoms with van der Waals surface area (Å²) in [5.41, 5.74) is 0.320. The number of carbonyl (C=O) groups is 2. The molecule has 1 aliphatic rings. The summed E-state index contributed by atoms with van der Waals surface area (Å²) in [7, 11) is 0. The summed E-state index contributed by atoms with van der Waals surface area (Å²) in [6, 6.07) is 5.20. The molecule has 27 heavy (non-hydrogen) atoms. The van der Waals surface area contributed by atoms with Gasteiger partial charge in [0.05, 0.1) is 23.9 Å². The van der Waals surface area contributed by atoms with E-state index in [2.05, 4.69) is 10.6 Å². The third-order valence-corrected chi connectivity index (χ3v) is 4.68. The van der Waals surface area contributed by atoms with Gasteiger partial charge in [0.1, 0.15) is 12.4 Å². The van der Waals surface area contributed by atoms with Gasteiger partial charge >= 0.3 is 12.0 Å². The number of esters is 1. The lowest BCUT2D eigenvalue weighted by atomic mass is 10.0. The Balaban J connectivity index is 1.94. The third-order valence-electron chi connectivity index (χ3n) is 3.74. The van der Waals surface area contributed by atoms with Gasteiger partial charge < -0.3 is 20.1 Å². The first-order valence-corrected chi connectivity index (χ1v) is 8.96. The number of hydrogen-bond acceptors (Lipinski definition) is 5. The summed E-state index contributed by atoms with van der Waals surface area (Å²) in [5.74, 6) is -2.45. The van der Waals surface area contributed by atoms with E-state index in [1.165, 1.54) is 11.3 Å². The van der Waals surface area contributed by atoms with Crippen molar-refractivity contribution in [3.05, 3.63) is 63.5 Å². The predicted octanol–water partition coefficient (Wildman–Crippen LogP) is 3.28. The van der Waals surface area contributed by atoms with Gasteiger partial charge in [0, 0.05) is 10.9 Å². The number of ether oxygens (including phenoxy) is 2. The van der Waals surface area contributed by atoms with Gasteiger partial charge in [-0.1, -0.05) is 6.07 Å². The number of urea groups is 1. The van der Waals surface area contributed by atoms with E-state index in [9.17, 15) is 18.4 Å². The third kappa shape index (κ3) is 4.25. The Hall–Kier alpha value is -2.94. The van der Waals surface area contributed by atoms with Gasteiger partial charge in [-0.3, -0.25) is 0 Å². The molecule has 1 atom stereocenters. The van der Waals surface area contributed by atoms with Crippen molar-refractivity contribution >= 4 is 23.3 Å². The molecule has 0 saturated heterocycles. The van der Waals surface area contributed by atoms with E-state index in [-0.39, 0.29) is 30.2 Å². The largest absolute Gasteiger partial charge is 0.484 e. The van der Waals surface area contributed by atoms with Crippen LogP contribution in [0, 0.1) is 11.6 Å². The van der Waals surface area contributed by atoms with Gasteiger partial charge in [-0.2, -0.15) is 0 Å². The molecule has 6 nitrogen and oxygen atoms in total. The second kappa shape index (κ2) is 8.17. The highest BCUT2D eigenvalue weighted by molar-refractivity contribution is 7.10. The van der Waals surface area contributed by atoms with Crippen LogP contribution in [0.1, 0.15) is 17.8 Å². The van der Waals surface area contributed by atoms with Crippen LogP contribution in [0.4, 0.5) is 13.6 Å². The van der Waals surface area contributed by atoms with E-state index in [1.54, 1.807) is 19.1 Å². The molecular weight excluding hydrogens is 378 g/mol. The Bertz CT molecular complexity index is 883. The fraction of sp³-hybridized carbons (Fsp3) is 0.222. The Morgan fingerprint density at radius 3 is 2.78 bits per heavy atom. The van der Waals surface area contributed by atoms with Crippen LogP contribution < -0.4 is 15.4 Å². The van der Waals surface area contributed by atoms with E-state index >= 15 is 0 Å². The smallest absolute Gasteiger partial charge is 0.338 e. The highest BCUT2D eigenvalue weighted by Gasteiger charge is 2.34. The molecule has 0 aliphatic carbocycles. The molecule has 0 saturated carbocycles. The molecule has 0 radical (unpaired) electrons. The van der Waals surface area contributed by atoms with Crippen molar-refractivity contribution in [1.29, 1.82) is 0 Å². The summed E-state index contributed by atoms with van der Waals surface area (Å²) in [4.78, 5) is 25.3. The molecule has 2 heterocycles. The first-order valence-electron chi connectivity index (χ1n) is 8.08. The molecule has 2 amide bonds. The van der Waals surface area contributed by atoms with Crippen molar-refractivity contribution < 1.29 is 27.8 Å². The van der Waals surface area contributed by atoms with E-state index in [4.69, 9.17) is 9.47 Å². The van der Waals surface area contributed by atoms with Gasteiger partial charge in [0.15, 0.2) is 11.6 Å². The maximum absolute atomic E-state index is 13.8. The molecule has 1 aromatic heterocycles. The van der Waals surface area contributed by atoms with Crippen molar-refractivity contribution in [2.45, 2.75) is 13.0 Å². The molecule has 3 rings (SSSR count). The number of rotatable bonds is 6. The quantitative estimate of drug-likeness (QED) is 0.738. The number of carbonyl (C=O) groups excluding carboxylic acids is 2. The Labute approximate surface area is 157 Å². The van der Waals surface area contributed by atoms with E-state index in [0.29, 0.717) is 6.07 Å². The minimum Gasteiger partial charge on any atom is -0.484 e. The van der Waals surface area contributed by atoms with Crippen molar-refractivity contribution in [2.75, 3.05) is 13.2 Å². The second-order valence-corrected chi connectivity index (χ2v) is 6.50. The van der Waals surface area contributed by atoms with E-state index < -0.39 is 29.7 Å². The Kier molecular flexibility index (Phi) is 5.70. The molecule has 1 aromatic carbocycles. The summed E-state index contributed by atoms with van der Waals surface area (Å²) in [6.45, 7) is 1.51. The average Bonchev–Trinajstić information content (AvgIpc) is 3.15. The summed E-state index contributed by atoms with van der Waals surface area (Å²) >= 11 is 1.36. The zero-order valence-corrected chi connectivity index (χ0v) is 15.1. The summed E-state index contributed by atoms with van der Waals surface area (Å²) < 4.78 is 37.3. The number of halogens is 2. The first kappa shape index (κ1) is 18.8. The van der Waals surface area contributed by atoms with Gasteiger partial charge in [0.2, 0.25) is 0 Å². The zero-order chi connectivity index (χ0) is 19.4. The topological polar surface area (TPSA) is 76.7 Å². The lowest BCUT2D eigenvalue weighted by Crippen LogP contribution is -2.47. The van der Waals surface area contributed by atoms with Crippen LogP contribution in [0.25, 0.3) is 0 Å². The molecule has 1 unspecified atom stereocenters.